The van der Waals surface area contributed by atoms with Crippen molar-refractivity contribution in [3.8, 4) is 11.3 Å². The van der Waals surface area contributed by atoms with Gasteiger partial charge in [-0.25, -0.2) is 9.78 Å². The van der Waals surface area contributed by atoms with E-state index in [1.165, 1.54) is 11.3 Å². The fourth-order valence-corrected chi connectivity index (χ4v) is 3.54. The van der Waals surface area contributed by atoms with E-state index in [9.17, 15) is 4.79 Å². The van der Waals surface area contributed by atoms with E-state index < -0.39 is 0 Å². The molecule has 3 rings (SSSR count). The summed E-state index contributed by atoms with van der Waals surface area (Å²) in [4.78, 5) is 17.8. The van der Waals surface area contributed by atoms with Crippen LogP contribution in [0.5, 0.6) is 0 Å². The number of imidazole rings is 1. The predicted octanol–water partition coefficient (Wildman–Crippen LogP) is 3.61. The number of carbonyl (C=O) groups excluding carboxylic acids is 1. The third-order valence-electron chi connectivity index (χ3n) is 2.83. The van der Waals surface area contributed by atoms with E-state index >= 15 is 0 Å². The minimum absolute atomic E-state index is 0.271. The van der Waals surface area contributed by atoms with Crippen molar-refractivity contribution in [1.29, 1.82) is 0 Å². The summed E-state index contributed by atoms with van der Waals surface area (Å²) >= 11 is 3.02. The number of aryl methyl sites for hydroxylation is 1. The molecular weight excluding hydrogens is 280 g/mol. The Labute approximate surface area is 118 Å². The summed E-state index contributed by atoms with van der Waals surface area (Å²) in [6, 6.07) is 2.04. The Hall–Kier alpha value is -1.66. The molecule has 3 aromatic heterocycles. The van der Waals surface area contributed by atoms with Crippen LogP contribution in [0.3, 0.4) is 0 Å². The van der Waals surface area contributed by atoms with Gasteiger partial charge in [0.05, 0.1) is 12.3 Å². The van der Waals surface area contributed by atoms with Gasteiger partial charge in [0, 0.05) is 22.8 Å². The van der Waals surface area contributed by atoms with E-state index in [1.807, 2.05) is 29.0 Å². The fourth-order valence-electron chi connectivity index (χ4n) is 1.89. The molecule has 4 nitrogen and oxygen atoms in total. The summed E-state index contributed by atoms with van der Waals surface area (Å²) in [7, 11) is 0. The summed E-state index contributed by atoms with van der Waals surface area (Å²) in [5.74, 6) is -0.271. The van der Waals surface area contributed by atoms with E-state index in [0.29, 0.717) is 11.5 Å². The first-order valence-electron chi connectivity index (χ1n) is 5.89. The fraction of sp³-hybridized carbons (Fsp3) is 0.231. The van der Waals surface area contributed by atoms with Crippen LogP contribution in [0, 0.1) is 6.92 Å². The molecule has 0 aliphatic rings. The number of hydrogen-bond donors (Lipinski definition) is 0. The first kappa shape index (κ1) is 12.4. The monoisotopic (exact) mass is 292 g/mol. The molecule has 3 heterocycles. The Balaban J connectivity index is 2.05. The number of hydrogen-bond acceptors (Lipinski definition) is 5. The quantitative estimate of drug-likeness (QED) is 0.693. The largest absolute Gasteiger partial charge is 0.462 e. The van der Waals surface area contributed by atoms with Crippen LogP contribution in [-0.4, -0.2) is 22.0 Å². The van der Waals surface area contributed by atoms with Crippen LogP contribution in [-0.2, 0) is 4.74 Å². The second-order valence-electron chi connectivity index (χ2n) is 4.03. The minimum Gasteiger partial charge on any atom is -0.462 e. The summed E-state index contributed by atoms with van der Waals surface area (Å²) in [5, 5.41) is 4.09. The van der Waals surface area contributed by atoms with Crippen molar-refractivity contribution >= 4 is 33.6 Å². The number of thiophene rings is 1. The van der Waals surface area contributed by atoms with Gasteiger partial charge in [0.1, 0.15) is 4.88 Å². The standard InChI is InChI=1S/C13H12N2O2S2/c1-3-17-12(16)11-8(2)15-6-10(14-13(15)19-11)9-4-5-18-7-9/h4-7H,3H2,1-2H3. The Kier molecular flexibility index (Phi) is 3.12. The molecule has 6 heteroatoms. The predicted molar refractivity (Wildman–Crippen MR) is 77.1 cm³/mol. The summed E-state index contributed by atoms with van der Waals surface area (Å²) in [5.41, 5.74) is 2.93. The number of ether oxygens (including phenoxy) is 1. The molecule has 0 saturated carbocycles. The Morgan fingerprint density at radius 1 is 1.53 bits per heavy atom. The van der Waals surface area contributed by atoms with E-state index in [0.717, 1.165) is 21.9 Å². The topological polar surface area (TPSA) is 43.6 Å². The van der Waals surface area contributed by atoms with Gasteiger partial charge in [-0.15, -0.1) is 0 Å². The number of carbonyl (C=O) groups is 1. The maximum absolute atomic E-state index is 11.8. The van der Waals surface area contributed by atoms with Gasteiger partial charge in [0.2, 0.25) is 0 Å². The zero-order valence-electron chi connectivity index (χ0n) is 10.5. The van der Waals surface area contributed by atoms with Crippen molar-refractivity contribution in [1.82, 2.24) is 9.38 Å². The van der Waals surface area contributed by atoms with Crippen LogP contribution >= 0.6 is 22.7 Å². The van der Waals surface area contributed by atoms with Crippen molar-refractivity contribution in [3.63, 3.8) is 0 Å². The summed E-state index contributed by atoms with van der Waals surface area (Å²) in [6.07, 6.45) is 1.96. The number of esters is 1. The van der Waals surface area contributed by atoms with Crippen molar-refractivity contribution in [2.75, 3.05) is 6.61 Å². The molecule has 0 aromatic carbocycles. The maximum Gasteiger partial charge on any atom is 0.350 e. The number of fused-ring (bicyclic) bond motifs is 1. The van der Waals surface area contributed by atoms with Gasteiger partial charge in [-0.3, -0.25) is 4.40 Å². The minimum atomic E-state index is -0.271. The highest BCUT2D eigenvalue weighted by Gasteiger charge is 2.18. The lowest BCUT2D eigenvalue weighted by Crippen LogP contribution is -2.04. The molecule has 0 saturated heterocycles. The van der Waals surface area contributed by atoms with E-state index in [-0.39, 0.29) is 5.97 Å². The average molecular weight is 292 g/mol. The van der Waals surface area contributed by atoms with E-state index in [2.05, 4.69) is 10.4 Å². The van der Waals surface area contributed by atoms with Gasteiger partial charge >= 0.3 is 5.97 Å². The molecule has 98 valence electrons. The van der Waals surface area contributed by atoms with Gasteiger partial charge in [-0.2, -0.15) is 11.3 Å². The lowest BCUT2D eigenvalue weighted by atomic mass is 10.3. The number of rotatable bonds is 3. The lowest BCUT2D eigenvalue weighted by Gasteiger charge is -1.99. The van der Waals surface area contributed by atoms with Crippen LogP contribution in [0.4, 0.5) is 0 Å². The molecule has 0 spiro atoms. The summed E-state index contributed by atoms with van der Waals surface area (Å²) in [6.45, 7) is 4.11. The van der Waals surface area contributed by atoms with Gasteiger partial charge in [-0.1, -0.05) is 11.3 Å². The van der Waals surface area contributed by atoms with Gasteiger partial charge < -0.3 is 4.74 Å². The van der Waals surface area contributed by atoms with Crippen LogP contribution in [0.25, 0.3) is 16.2 Å². The molecule has 0 bridgehead atoms. The molecule has 0 aliphatic carbocycles. The molecule has 0 unspecified atom stereocenters. The first-order valence-corrected chi connectivity index (χ1v) is 7.64. The van der Waals surface area contributed by atoms with Gasteiger partial charge in [0.15, 0.2) is 4.96 Å². The smallest absolute Gasteiger partial charge is 0.350 e. The Morgan fingerprint density at radius 3 is 3.00 bits per heavy atom. The first-order chi connectivity index (χ1) is 9.20. The molecular formula is C13H12N2O2S2. The van der Waals surface area contributed by atoms with Crippen LogP contribution in [0.1, 0.15) is 22.3 Å². The molecule has 3 aromatic rings. The van der Waals surface area contributed by atoms with Gasteiger partial charge in [-0.05, 0) is 25.3 Å². The number of aromatic nitrogens is 2. The van der Waals surface area contributed by atoms with Crippen molar-refractivity contribution in [3.05, 3.63) is 33.6 Å². The second-order valence-corrected chi connectivity index (χ2v) is 5.79. The third kappa shape index (κ3) is 2.06. The van der Waals surface area contributed by atoms with Crippen molar-refractivity contribution < 1.29 is 9.53 Å². The van der Waals surface area contributed by atoms with E-state index in [4.69, 9.17) is 4.74 Å². The molecule has 0 atom stereocenters. The van der Waals surface area contributed by atoms with Gasteiger partial charge in [0.25, 0.3) is 0 Å². The molecule has 0 amide bonds. The van der Waals surface area contributed by atoms with Crippen LogP contribution in [0.2, 0.25) is 0 Å². The molecule has 0 fully saturated rings. The maximum atomic E-state index is 11.8. The highest BCUT2D eigenvalue weighted by molar-refractivity contribution is 7.19. The Morgan fingerprint density at radius 2 is 2.37 bits per heavy atom. The average Bonchev–Trinajstić information content (AvgIpc) is 3.06. The SMILES string of the molecule is CCOC(=O)c1sc2nc(-c3ccsc3)cn2c1C. The molecule has 0 radical (unpaired) electrons. The highest BCUT2D eigenvalue weighted by atomic mass is 32.1. The zero-order chi connectivity index (χ0) is 13.4. The highest BCUT2D eigenvalue weighted by Crippen LogP contribution is 2.28. The van der Waals surface area contributed by atoms with Crippen molar-refractivity contribution in [2.45, 2.75) is 13.8 Å². The second kappa shape index (κ2) is 4.79. The van der Waals surface area contributed by atoms with Crippen LogP contribution in [0.15, 0.2) is 23.0 Å². The lowest BCUT2D eigenvalue weighted by molar-refractivity contribution is 0.0531. The van der Waals surface area contributed by atoms with E-state index in [1.54, 1.807) is 18.3 Å². The third-order valence-corrected chi connectivity index (χ3v) is 4.65. The van der Waals surface area contributed by atoms with Crippen LogP contribution < -0.4 is 0 Å². The summed E-state index contributed by atoms with van der Waals surface area (Å²) < 4.78 is 6.99. The molecule has 19 heavy (non-hydrogen) atoms. The number of thiazole rings is 1. The normalized spacial score (nSPS) is 11.1. The van der Waals surface area contributed by atoms with Crippen molar-refractivity contribution in [2.24, 2.45) is 0 Å². The molecule has 0 aliphatic heterocycles. The number of nitrogens with zero attached hydrogens (tertiary/aromatic N) is 2. The Bertz CT molecular complexity index is 725. The molecule has 0 N–H and O–H groups in total. The zero-order valence-corrected chi connectivity index (χ0v) is 12.2.